The van der Waals surface area contributed by atoms with Gasteiger partial charge in [0.2, 0.25) is 5.91 Å². The smallest absolute Gasteiger partial charge is 0.244 e. The third-order valence-corrected chi connectivity index (χ3v) is 5.87. The Morgan fingerprint density at radius 1 is 1.43 bits per heavy atom. The molecule has 1 aromatic rings. The first kappa shape index (κ1) is 14.4. The molecular weight excluding hydrogens is 290 g/mol. The molecule has 0 aromatic carbocycles. The molecule has 1 amide bonds. The minimum Gasteiger partial charge on any atom is -0.461 e. The molecule has 3 unspecified atom stereocenters. The van der Waals surface area contributed by atoms with E-state index in [0.29, 0.717) is 24.0 Å². The summed E-state index contributed by atoms with van der Waals surface area (Å²) in [6.45, 7) is 2.19. The summed E-state index contributed by atoms with van der Waals surface area (Å²) >= 11 is 0. The molecule has 5 nitrogen and oxygen atoms in total. The van der Waals surface area contributed by atoms with Crippen LogP contribution >= 0.6 is 0 Å². The number of furan rings is 1. The zero-order chi connectivity index (χ0) is 15.0. The molecule has 3 rings (SSSR count). The molecule has 1 aliphatic carbocycles. The fourth-order valence-electron chi connectivity index (χ4n) is 2.69. The van der Waals surface area contributed by atoms with Crippen LogP contribution in [0.25, 0.3) is 6.08 Å². The normalized spacial score (nSPS) is 30.6. The van der Waals surface area contributed by atoms with Crippen LogP contribution in [0.5, 0.6) is 0 Å². The van der Waals surface area contributed by atoms with E-state index in [1.165, 1.54) is 6.08 Å². The molecule has 2 aliphatic rings. The van der Waals surface area contributed by atoms with E-state index in [1.54, 1.807) is 6.08 Å². The molecule has 1 aliphatic heterocycles. The zero-order valence-electron chi connectivity index (χ0n) is 11.9. The Kier molecular flexibility index (Phi) is 3.65. The van der Waals surface area contributed by atoms with Gasteiger partial charge in [-0.25, -0.2) is 8.42 Å². The lowest BCUT2D eigenvalue weighted by molar-refractivity contribution is -0.116. The van der Waals surface area contributed by atoms with E-state index in [4.69, 9.17) is 4.42 Å². The predicted molar refractivity (Wildman–Crippen MR) is 79.5 cm³/mol. The fourth-order valence-corrected chi connectivity index (χ4v) is 4.37. The van der Waals surface area contributed by atoms with Gasteiger partial charge >= 0.3 is 0 Å². The summed E-state index contributed by atoms with van der Waals surface area (Å²) < 4.78 is 28.3. The van der Waals surface area contributed by atoms with Gasteiger partial charge < -0.3 is 9.73 Å². The van der Waals surface area contributed by atoms with Crippen LogP contribution in [0, 0.1) is 5.92 Å². The monoisotopic (exact) mass is 309 g/mol. The van der Waals surface area contributed by atoms with Gasteiger partial charge in [0.25, 0.3) is 0 Å². The minimum atomic E-state index is -2.97. The molecule has 2 heterocycles. The third kappa shape index (κ3) is 3.56. The summed E-state index contributed by atoms with van der Waals surface area (Å²) in [5.74, 6) is 2.74. The van der Waals surface area contributed by atoms with Crippen molar-refractivity contribution in [1.82, 2.24) is 5.32 Å². The van der Waals surface area contributed by atoms with Gasteiger partial charge in [-0.15, -0.1) is 0 Å². The maximum Gasteiger partial charge on any atom is 0.244 e. The molecule has 1 saturated carbocycles. The van der Waals surface area contributed by atoms with Crippen molar-refractivity contribution < 1.29 is 17.6 Å². The molecular formula is C15H19NO4S. The molecule has 3 atom stereocenters. The van der Waals surface area contributed by atoms with Gasteiger partial charge in [-0.05, 0) is 37.0 Å². The molecule has 1 N–H and O–H groups in total. The highest BCUT2D eigenvalue weighted by molar-refractivity contribution is 7.91. The first-order valence-electron chi connectivity index (χ1n) is 7.22. The second-order valence-electron chi connectivity index (χ2n) is 6.00. The van der Waals surface area contributed by atoms with E-state index in [1.807, 2.05) is 12.1 Å². The fraction of sp³-hybridized carbons (Fsp3) is 0.533. The molecule has 114 valence electrons. The first-order chi connectivity index (χ1) is 9.93. The summed E-state index contributed by atoms with van der Waals surface area (Å²) in [5.41, 5.74) is 0. The van der Waals surface area contributed by atoms with Gasteiger partial charge in [0, 0.05) is 18.0 Å². The lowest BCUT2D eigenvalue weighted by Gasteiger charge is -2.07. The molecule has 21 heavy (non-hydrogen) atoms. The summed E-state index contributed by atoms with van der Waals surface area (Å²) in [6.07, 6.45) is 4.67. The summed E-state index contributed by atoms with van der Waals surface area (Å²) in [7, 11) is -2.97. The van der Waals surface area contributed by atoms with Crippen LogP contribution < -0.4 is 5.32 Å². The highest BCUT2D eigenvalue weighted by Gasteiger charge is 2.36. The van der Waals surface area contributed by atoms with Crippen molar-refractivity contribution in [2.45, 2.75) is 31.7 Å². The van der Waals surface area contributed by atoms with Crippen molar-refractivity contribution in [3.05, 3.63) is 29.7 Å². The predicted octanol–water partition coefficient (Wildman–Crippen LogP) is 1.72. The summed E-state index contributed by atoms with van der Waals surface area (Å²) in [4.78, 5) is 11.8. The van der Waals surface area contributed by atoms with Crippen LogP contribution in [-0.4, -0.2) is 31.9 Å². The SMILES string of the molecule is CC1CC1c1ccc(/C=C/C(=O)NC2CCS(=O)(=O)C2)o1. The number of amides is 1. The Balaban J connectivity index is 1.53. The topological polar surface area (TPSA) is 76.4 Å². The Morgan fingerprint density at radius 3 is 2.81 bits per heavy atom. The largest absolute Gasteiger partial charge is 0.461 e. The van der Waals surface area contributed by atoms with Gasteiger partial charge in [0.05, 0.1) is 11.5 Å². The Morgan fingerprint density at radius 2 is 2.19 bits per heavy atom. The minimum absolute atomic E-state index is 0.0387. The molecule has 1 aromatic heterocycles. The van der Waals surface area contributed by atoms with Gasteiger partial charge in [0.15, 0.2) is 9.84 Å². The lowest BCUT2D eigenvalue weighted by Crippen LogP contribution is -2.34. The number of carbonyl (C=O) groups excluding carboxylic acids is 1. The number of carbonyl (C=O) groups is 1. The third-order valence-electron chi connectivity index (χ3n) is 4.10. The van der Waals surface area contributed by atoms with E-state index in [-0.39, 0.29) is 23.5 Å². The second kappa shape index (κ2) is 5.33. The van der Waals surface area contributed by atoms with Gasteiger partial charge in [-0.1, -0.05) is 6.92 Å². The Hall–Kier alpha value is -1.56. The molecule has 1 saturated heterocycles. The van der Waals surface area contributed by atoms with Crippen molar-refractivity contribution >= 4 is 21.8 Å². The standard InChI is InChI=1S/C15H19NO4S/c1-10-8-13(10)14-4-2-12(20-14)3-5-15(17)16-11-6-7-21(18,19)9-11/h2-5,10-11,13H,6-9H2,1H3,(H,16,17)/b5-3+. The van der Waals surface area contributed by atoms with Gasteiger partial charge in [-0.3, -0.25) is 4.79 Å². The van der Waals surface area contributed by atoms with E-state index in [2.05, 4.69) is 12.2 Å². The van der Waals surface area contributed by atoms with Crippen molar-refractivity contribution in [3.8, 4) is 0 Å². The maximum atomic E-state index is 11.8. The molecule has 2 fully saturated rings. The van der Waals surface area contributed by atoms with Gasteiger partial charge in [-0.2, -0.15) is 0 Å². The second-order valence-corrected chi connectivity index (χ2v) is 8.23. The van der Waals surface area contributed by atoms with Crippen molar-refractivity contribution in [2.24, 2.45) is 5.92 Å². The molecule has 0 spiro atoms. The van der Waals surface area contributed by atoms with Crippen LogP contribution in [0.2, 0.25) is 0 Å². The van der Waals surface area contributed by atoms with E-state index < -0.39 is 9.84 Å². The maximum absolute atomic E-state index is 11.8. The summed E-state index contributed by atoms with van der Waals surface area (Å²) in [6, 6.07) is 3.53. The van der Waals surface area contributed by atoms with E-state index in [0.717, 1.165) is 12.2 Å². The van der Waals surface area contributed by atoms with E-state index >= 15 is 0 Å². The average Bonchev–Trinajstić information content (AvgIpc) is 2.84. The van der Waals surface area contributed by atoms with Crippen molar-refractivity contribution in [1.29, 1.82) is 0 Å². The molecule has 0 radical (unpaired) electrons. The van der Waals surface area contributed by atoms with Crippen molar-refractivity contribution in [3.63, 3.8) is 0 Å². The highest BCUT2D eigenvalue weighted by Crippen LogP contribution is 2.47. The van der Waals surface area contributed by atoms with E-state index in [9.17, 15) is 13.2 Å². The highest BCUT2D eigenvalue weighted by atomic mass is 32.2. The zero-order valence-corrected chi connectivity index (χ0v) is 12.7. The van der Waals surface area contributed by atoms with Gasteiger partial charge in [0.1, 0.15) is 11.5 Å². The van der Waals surface area contributed by atoms with Crippen LogP contribution in [0.1, 0.15) is 37.2 Å². The number of rotatable bonds is 4. The van der Waals surface area contributed by atoms with Crippen LogP contribution in [0.15, 0.2) is 22.6 Å². The number of nitrogens with one attached hydrogen (secondary N) is 1. The average molecular weight is 309 g/mol. The quantitative estimate of drug-likeness (QED) is 0.859. The van der Waals surface area contributed by atoms with Crippen LogP contribution in [-0.2, 0) is 14.6 Å². The number of hydrogen-bond donors (Lipinski definition) is 1. The summed E-state index contributed by atoms with van der Waals surface area (Å²) in [5, 5.41) is 2.71. The van der Waals surface area contributed by atoms with Crippen LogP contribution in [0.3, 0.4) is 0 Å². The first-order valence-corrected chi connectivity index (χ1v) is 9.04. The lowest BCUT2D eigenvalue weighted by atomic mass is 10.2. The Labute approximate surface area is 124 Å². The molecule has 0 bridgehead atoms. The number of sulfone groups is 1. The van der Waals surface area contributed by atoms with Crippen molar-refractivity contribution in [2.75, 3.05) is 11.5 Å². The molecule has 6 heteroatoms. The van der Waals surface area contributed by atoms with Crippen LogP contribution in [0.4, 0.5) is 0 Å². The Bertz CT molecular complexity index is 674. The number of hydrogen-bond acceptors (Lipinski definition) is 4.